The number of benzene rings is 2. The summed E-state index contributed by atoms with van der Waals surface area (Å²) in [6.45, 7) is 2.99. The molecule has 32 heavy (non-hydrogen) atoms. The zero-order chi connectivity index (χ0) is 22.6. The van der Waals surface area contributed by atoms with Crippen molar-refractivity contribution in [2.75, 3.05) is 18.5 Å². The van der Waals surface area contributed by atoms with Crippen LogP contribution in [0, 0.1) is 11.7 Å². The minimum absolute atomic E-state index is 0.150. The molecule has 1 aromatic heterocycles. The molecule has 1 aliphatic rings. The lowest BCUT2D eigenvalue weighted by molar-refractivity contribution is -0.116. The fourth-order valence-corrected chi connectivity index (χ4v) is 5.24. The van der Waals surface area contributed by atoms with Crippen molar-refractivity contribution in [2.45, 2.75) is 25.9 Å². The lowest BCUT2D eigenvalue weighted by atomic mass is 10.1. The number of hydrogen-bond acceptors (Lipinski definition) is 6. The standard InChI is InChI=1S/C23H24FN2O5P/c1-16-13-29-32(28,30-14-16)15-17-2-9-21(10-3-17)26-22(27)11-6-19-12-25-31-23(19)18-4-7-20(24)8-5-18/h2-5,7-10,12,16,28H,6,11,13-15H2,1H3/p+1. The van der Waals surface area contributed by atoms with E-state index < -0.39 is 7.94 Å². The normalized spacial score (nSPS) is 20.8. The number of amides is 1. The number of aryl methyl sites for hydroxylation is 1. The molecule has 0 bridgehead atoms. The van der Waals surface area contributed by atoms with E-state index in [0.29, 0.717) is 42.8 Å². The van der Waals surface area contributed by atoms with Crippen molar-refractivity contribution in [1.82, 2.24) is 5.16 Å². The molecule has 1 saturated heterocycles. The molecule has 0 aliphatic carbocycles. The minimum atomic E-state index is -2.86. The van der Waals surface area contributed by atoms with Gasteiger partial charge in [0.25, 0.3) is 0 Å². The Balaban J connectivity index is 1.30. The Morgan fingerprint density at radius 2 is 1.84 bits per heavy atom. The van der Waals surface area contributed by atoms with Crippen LogP contribution in [0.1, 0.15) is 24.5 Å². The molecule has 3 aromatic rings. The number of carbonyl (C=O) groups excluding carboxylic acids is 1. The van der Waals surface area contributed by atoms with Crippen LogP contribution < -0.4 is 5.32 Å². The Bertz CT molecular complexity index is 1050. The highest BCUT2D eigenvalue weighted by Crippen LogP contribution is 2.61. The molecule has 168 valence electrons. The van der Waals surface area contributed by atoms with E-state index in [1.807, 2.05) is 19.1 Å². The van der Waals surface area contributed by atoms with E-state index in [2.05, 4.69) is 10.5 Å². The predicted octanol–water partition coefficient (Wildman–Crippen LogP) is 4.99. The zero-order valence-electron chi connectivity index (χ0n) is 17.7. The molecule has 2 N–H and O–H groups in total. The van der Waals surface area contributed by atoms with E-state index in [-0.39, 0.29) is 24.1 Å². The van der Waals surface area contributed by atoms with E-state index in [1.165, 1.54) is 12.1 Å². The molecular formula is C23H25FN2O5P+. The second kappa shape index (κ2) is 9.88. The molecule has 0 spiro atoms. The van der Waals surface area contributed by atoms with Crippen molar-refractivity contribution in [1.29, 1.82) is 0 Å². The molecule has 1 fully saturated rings. The summed E-state index contributed by atoms with van der Waals surface area (Å²) in [5, 5.41) is 6.67. The lowest BCUT2D eigenvalue weighted by Gasteiger charge is -2.24. The second-order valence-corrected chi connectivity index (χ2v) is 10.0. The van der Waals surface area contributed by atoms with E-state index in [9.17, 15) is 14.1 Å². The van der Waals surface area contributed by atoms with Gasteiger partial charge in [0.1, 0.15) is 19.0 Å². The predicted molar refractivity (Wildman–Crippen MR) is 119 cm³/mol. The molecule has 9 heteroatoms. The third kappa shape index (κ3) is 5.78. The summed E-state index contributed by atoms with van der Waals surface area (Å²) in [6.07, 6.45) is 2.56. The van der Waals surface area contributed by atoms with Crippen molar-refractivity contribution in [3.8, 4) is 11.3 Å². The van der Waals surface area contributed by atoms with Gasteiger partial charge in [-0.3, -0.25) is 4.79 Å². The fourth-order valence-electron chi connectivity index (χ4n) is 3.34. The third-order valence-electron chi connectivity index (χ3n) is 5.11. The van der Waals surface area contributed by atoms with E-state index >= 15 is 0 Å². The Morgan fingerprint density at radius 1 is 1.16 bits per heavy atom. The maximum atomic E-state index is 13.1. The van der Waals surface area contributed by atoms with Gasteiger partial charge in [-0.1, -0.05) is 24.2 Å². The SMILES string of the molecule is CC1CO[P+](O)(Cc2ccc(NC(=O)CCc3cnoc3-c3ccc(F)cc3)cc2)OC1. The van der Waals surface area contributed by atoms with Gasteiger partial charge in [0.05, 0.1) is 6.20 Å². The highest BCUT2D eigenvalue weighted by molar-refractivity contribution is 7.59. The third-order valence-corrected chi connectivity index (χ3v) is 6.98. The van der Waals surface area contributed by atoms with Gasteiger partial charge in [-0.2, -0.15) is 13.9 Å². The monoisotopic (exact) mass is 459 g/mol. The molecule has 0 unspecified atom stereocenters. The Hall–Kier alpha value is -2.64. The van der Waals surface area contributed by atoms with Crippen molar-refractivity contribution < 1.29 is 27.6 Å². The van der Waals surface area contributed by atoms with Crippen LogP contribution in [0.4, 0.5) is 10.1 Å². The zero-order valence-corrected chi connectivity index (χ0v) is 18.6. The largest absolute Gasteiger partial charge is 0.413 e. The lowest BCUT2D eigenvalue weighted by Crippen LogP contribution is -2.22. The van der Waals surface area contributed by atoms with Gasteiger partial charge in [0.2, 0.25) is 5.91 Å². The molecule has 1 aliphatic heterocycles. The van der Waals surface area contributed by atoms with Gasteiger partial charge in [-0.05, 0) is 48.4 Å². The molecule has 1 amide bonds. The molecule has 7 nitrogen and oxygen atoms in total. The van der Waals surface area contributed by atoms with Crippen LogP contribution in [0.15, 0.2) is 59.3 Å². The van der Waals surface area contributed by atoms with Crippen LogP contribution in [0.5, 0.6) is 0 Å². The Morgan fingerprint density at radius 3 is 2.53 bits per heavy atom. The van der Waals surface area contributed by atoms with Crippen LogP contribution in [-0.2, 0) is 26.4 Å². The highest BCUT2D eigenvalue weighted by atomic mass is 31.2. The van der Waals surface area contributed by atoms with Gasteiger partial charge < -0.3 is 9.84 Å². The maximum Gasteiger partial charge on any atom is 0.413 e. The van der Waals surface area contributed by atoms with Crippen LogP contribution in [0.3, 0.4) is 0 Å². The van der Waals surface area contributed by atoms with Gasteiger partial charge in [0, 0.05) is 29.2 Å². The summed E-state index contributed by atoms with van der Waals surface area (Å²) >= 11 is 0. The van der Waals surface area contributed by atoms with Crippen molar-refractivity contribution in [3.63, 3.8) is 0 Å². The van der Waals surface area contributed by atoms with Crippen molar-refractivity contribution >= 4 is 19.5 Å². The number of nitrogens with zero attached hydrogens (tertiary/aromatic N) is 1. The molecule has 2 heterocycles. The summed E-state index contributed by atoms with van der Waals surface area (Å²) in [4.78, 5) is 22.9. The maximum absolute atomic E-state index is 13.1. The van der Waals surface area contributed by atoms with E-state index in [4.69, 9.17) is 13.6 Å². The summed E-state index contributed by atoms with van der Waals surface area (Å²) in [6, 6.07) is 13.2. The van der Waals surface area contributed by atoms with Gasteiger partial charge >= 0.3 is 7.94 Å². The number of halogens is 1. The number of aromatic nitrogens is 1. The summed E-state index contributed by atoms with van der Waals surface area (Å²) in [7, 11) is -2.86. The summed E-state index contributed by atoms with van der Waals surface area (Å²) in [5.74, 6) is 0.329. The molecule has 4 rings (SSSR count). The number of carbonyl (C=O) groups is 1. The second-order valence-electron chi connectivity index (χ2n) is 7.92. The molecular weight excluding hydrogens is 434 g/mol. The highest BCUT2D eigenvalue weighted by Gasteiger charge is 2.45. The Kier molecular flexibility index (Phi) is 6.96. The van der Waals surface area contributed by atoms with Gasteiger partial charge in [-0.15, -0.1) is 0 Å². The van der Waals surface area contributed by atoms with Crippen molar-refractivity contribution in [3.05, 3.63) is 71.7 Å². The van der Waals surface area contributed by atoms with Crippen LogP contribution in [-0.4, -0.2) is 29.2 Å². The van der Waals surface area contributed by atoms with Crippen LogP contribution in [0.25, 0.3) is 11.3 Å². The molecule has 0 saturated carbocycles. The Labute approximate surface area is 186 Å². The average Bonchev–Trinajstić information content (AvgIpc) is 3.25. The van der Waals surface area contributed by atoms with Crippen LogP contribution >= 0.6 is 7.94 Å². The van der Waals surface area contributed by atoms with E-state index in [0.717, 1.165) is 11.1 Å². The topological polar surface area (TPSA) is 93.8 Å². The van der Waals surface area contributed by atoms with Gasteiger partial charge in [0.15, 0.2) is 11.9 Å². The average molecular weight is 459 g/mol. The van der Waals surface area contributed by atoms with Crippen LogP contribution in [0.2, 0.25) is 0 Å². The summed E-state index contributed by atoms with van der Waals surface area (Å²) < 4.78 is 29.5. The van der Waals surface area contributed by atoms with Gasteiger partial charge in [-0.25, -0.2) is 4.39 Å². The fraction of sp³-hybridized carbons (Fsp3) is 0.304. The molecule has 0 atom stereocenters. The number of nitrogens with one attached hydrogen (secondary N) is 1. The minimum Gasteiger partial charge on any atom is -0.356 e. The first kappa shape index (κ1) is 22.6. The number of hydrogen-bond donors (Lipinski definition) is 2. The number of anilines is 1. The molecule has 0 radical (unpaired) electrons. The first-order valence-corrected chi connectivity index (χ1v) is 12.1. The van der Waals surface area contributed by atoms with E-state index in [1.54, 1.807) is 30.5 Å². The first-order valence-electron chi connectivity index (χ1n) is 10.4. The quantitative estimate of drug-likeness (QED) is 0.484. The summed E-state index contributed by atoms with van der Waals surface area (Å²) in [5.41, 5.74) is 3.02. The number of rotatable bonds is 7. The molecule has 2 aromatic carbocycles. The smallest absolute Gasteiger partial charge is 0.356 e. The van der Waals surface area contributed by atoms with Crippen molar-refractivity contribution in [2.24, 2.45) is 5.92 Å². The first-order chi connectivity index (χ1) is 15.4.